The van der Waals surface area contributed by atoms with E-state index in [1.54, 1.807) is 0 Å². The van der Waals surface area contributed by atoms with Gasteiger partial charge in [-0.1, -0.05) is 13.8 Å². The van der Waals surface area contributed by atoms with Gasteiger partial charge in [0.2, 0.25) is 0 Å². The van der Waals surface area contributed by atoms with Crippen molar-refractivity contribution in [1.82, 2.24) is 14.5 Å². The van der Waals surface area contributed by atoms with Crippen LogP contribution in [0, 0.1) is 5.92 Å². The lowest BCUT2D eigenvalue weighted by atomic mass is 9.80. The van der Waals surface area contributed by atoms with Gasteiger partial charge in [-0.3, -0.25) is 0 Å². The van der Waals surface area contributed by atoms with Crippen molar-refractivity contribution in [3.8, 4) is 0 Å². The monoisotopic (exact) mass is 321 g/mol. The first-order valence-corrected chi connectivity index (χ1v) is 9.10. The molecular formula is C18H31N3O2. The van der Waals surface area contributed by atoms with Crippen LogP contribution in [0.5, 0.6) is 0 Å². The zero-order valence-electron chi connectivity index (χ0n) is 14.5. The Morgan fingerprint density at radius 1 is 1.30 bits per heavy atom. The fourth-order valence-electron chi connectivity index (χ4n) is 4.01. The summed E-state index contributed by atoms with van der Waals surface area (Å²) in [6, 6.07) is 0. The maximum Gasteiger partial charge on any atom is 0.0945 e. The van der Waals surface area contributed by atoms with Crippen LogP contribution in [0.15, 0.2) is 18.7 Å². The molecule has 0 bridgehead atoms. The zero-order chi connectivity index (χ0) is 16.3. The van der Waals surface area contributed by atoms with Gasteiger partial charge in [0, 0.05) is 38.4 Å². The highest BCUT2D eigenvalue weighted by molar-refractivity contribution is 4.95. The highest BCUT2D eigenvalue weighted by Crippen LogP contribution is 2.39. The first-order valence-electron chi connectivity index (χ1n) is 9.10. The molecule has 130 valence electrons. The van der Waals surface area contributed by atoms with Gasteiger partial charge in [-0.2, -0.15) is 0 Å². The second kappa shape index (κ2) is 7.32. The summed E-state index contributed by atoms with van der Waals surface area (Å²) < 4.78 is 8.60. The molecule has 0 saturated carbocycles. The van der Waals surface area contributed by atoms with Gasteiger partial charge in [0.1, 0.15) is 0 Å². The Hall–Kier alpha value is -0.910. The summed E-state index contributed by atoms with van der Waals surface area (Å²) in [5.41, 5.74) is -0.0759. The third kappa shape index (κ3) is 4.34. The van der Waals surface area contributed by atoms with Crippen molar-refractivity contribution in [3.05, 3.63) is 18.7 Å². The summed E-state index contributed by atoms with van der Waals surface area (Å²) in [5.74, 6) is 0.482. The second-order valence-corrected chi connectivity index (χ2v) is 7.67. The summed E-state index contributed by atoms with van der Waals surface area (Å²) in [4.78, 5) is 6.62. The van der Waals surface area contributed by atoms with Crippen molar-refractivity contribution in [2.24, 2.45) is 5.92 Å². The van der Waals surface area contributed by atoms with Crippen molar-refractivity contribution >= 4 is 0 Å². The third-order valence-corrected chi connectivity index (χ3v) is 5.47. The largest absolute Gasteiger partial charge is 0.393 e. The highest BCUT2D eigenvalue weighted by atomic mass is 16.5. The number of aryl methyl sites for hydroxylation is 1. The van der Waals surface area contributed by atoms with Gasteiger partial charge in [0.15, 0.2) is 0 Å². The molecule has 3 rings (SSSR count). The minimum atomic E-state index is -0.191. The number of hydrogen-bond acceptors (Lipinski definition) is 4. The normalized spacial score (nSPS) is 28.5. The second-order valence-electron chi connectivity index (χ2n) is 7.67. The third-order valence-electron chi connectivity index (χ3n) is 5.47. The summed E-state index contributed by atoms with van der Waals surface area (Å²) in [5, 5.41) is 10.3. The Balaban J connectivity index is 1.45. The standard InChI is InChI=1S/C18H31N3O2/c1-15(2)17-12-16(22)13-18(23-17)4-9-20(10-5-18)7-3-8-21-11-6-19-14-21/h6,11,14-17,22H,3-5,7-10,12-13H2,1-2H3/t16-,17-/m1/s1. The van der Waals surface area contributed by atoms with Crippen LogP contribution < -0.4 is 0 Å². The minimum Gasteiger partial charge on any atom is -0.393 e. The first-order chi connectivity index (χ1) is 11.1. The lowest BCUT2D eigenvalue weighted by Crippen LogP contribution is -2.53. The molecule has 5 nitrogen and oxygen atoms in total. The number of ether oxygens (including phenoxy) is 1. The Morgan fingerprint density at radius 2 is 2.09 bits per heavy atom. The van der Waals surface area contributed by atoms with Gasteiger partial charge in [-0.25, -0.2) is 4.98 Å². The van der Waals surface area contributed by atoms with Crippen LogP contribution in [-0.2, 0) is 11.3 Å². The average molecular weight is 321 g/mol. The molecule has 23 heavy (non-hydrogen) atoms. The fourth-order valence-corrected chi connectivity index (χ4v) is 4.01. The summed E-state index contributed by atoms with van der Waals surface area (Å²) >= 11 is 0. The molecule has 2 fully saturated rings. The topological polar surface area (TPSA) is 50.5 Å². The minimum absolute atomic E-state index is 0.0759. The molecule has 0 unspecified atom stereocenters. The van der Waals surface area contributed by atoms with Crippen LogP contribution in [-0.4, -0.2) is 57.0 Å². The van der Waals surface area contributed by atoms with Gasteiger partial charge in [0.25, 0.3) is 0 Å². The Bertz CT molecular complexity index is 467. The summed E-state index contributed by atoms with van der Waals surface area (Å²) in [6.07, 6.45) is 10.6. The molecule has 0 aliphatic carbocycles. The number of rotatable bonds is 5. The lowest BCUT2D eigenvalue weighted by molar-refractivity contribution is -0.192. The molecule has 1 N–H and O–H groups in total. The van der Waals surface area contributed by atoms with E-state index in [-0.39, 0.29) is 17.8 Å². The van der Waals surface area contributed by atoms with E-state index in [0.717, 1.165) is 58.3 Å². The Morgan fingerprint density at radius 3 is 2.74 bits per heavy atom. The number of piperidine rings is 1. The predicted molar refractivity (Wildman–Crippen MR) is 90.2 cm³/mol. The number of hydrogen-bond donors (Lipinski definition) is 1. The van der Waals surface area contributed by atoms with Crippen molar-refractivity contribution in [2.75, 3.05) is 19.6 Å². The molecule has 0 amide bonds. The lowest BCUT2D eigenvalue weighted by Gasteiger charge is -2.49. The Labute approximate surface area is 139 Å². The van der Waals surface area contributed by atoms with Crippen molar-refractivity contribution < 1.29 is 9.84 Å². The van der Waals surface area contributed by atoms with Crippen LogP contribution in [0.25, 0.3) is 0 Å². The molecule has 0 radical (unpaired) electrons. The van der Waals surface area contributed by atoms with Crippen molar-refractivity contribution in [3.63, 3.8) is 0 Å². The number of imidazole rings is 1. The van der Waals surface area contributed by atoms with E-state index in [2.05, 4.69) is 28.3 Å². The van der Waals surface area contributed by atoms with E-state index < -0.39 is 0 Å². The SMILES string of the molecule is CC(C)[C@H]1C[C@@H](O)CC2(CCN(CCCn3ccnc3)CC2)O1. The maximum absolute atomic E-state index is 10.3. The van der Waals surface area contributed by atoms with Gasteiger partial charge in [-0.05, 0) is 38.1 Å². The van der Waals surface area contributed by atoms with Crippen LogP contribution in [0.2, 0.25) is 0 Å². The van der Waals surface area contributed by atoms with Crippen LogP contribution >= 0.6 is 0 Å². The van der Waals surface area contributed by atoms with E-state index in [4.69, 9.17) is 4.74 Å². The number of nitrogens with zero attached hydrogens (tertiary/aromatic N) is 3. The van der Waals surface area contributed by atoms with Gasteiger partial charge >= 0.3 is 0 Å². The molecule has 2 atom stereocenters. The molecule has 2 aliphatic heterocycles. The first kappa shape index (κ1) is 16.9. The number of aliphatic hydroxyl groups is 1. The van der Waals surface area contributed by atoms with E-state index in [1.807, 2.05) is 18.7 Å². The van der Waals surface area contributed by atoms with Crippen molar-refractivity contribution in [2.45, 2.75) is 70.3 Å². The van der Waals surface area contributed by atoms with Crippen LogP contribution in [0.1, 0.15) is 46.0 Å². The van der Waals surface area contributed by atoms with E-state index in [9.17, 15) is 5.11 Å². The van der Waals surface area contributed by atoms with E-state index in [1.165, 1.54) is 0 Å². The molecule has 2 saturated heterocycles. The number of likely N-dealkylation sites (tertiary alicyclic amines) is 1. The summed E-state index contributed by atoms with van der Waals surface area (Å²) in [7, 11) is 0. The number of aliphatic hydroxyl groups excluding tert-OH is 1. The van der Waals surface area contributed by atoms with Gasteiger partial charge in [-0.15, -0.1) is 0 Å². The fraction of sp³-hybridized carbons (Fsp3) is 0.833. The zero-order valence-corrected chi connectivity index (χ0v) is 14.5. The van der Waals surface area contributed by atoms with Crippen molar-refractivity contribution in [1.29, 1.82) is 0 Å². The van der Waals surface area contributed by atoms with E-state index >= 15 is 0 Å². The van der Waals surface area contributed by atoms with E-state index in [0.29, 0.717) is 5.92 Å². The average Bonchev–Trinajstić information content (AvgIpc) is 3.02. The quantitative estimate of drug-likeness (QED) is 0.904. The number of aromatic nitrogens is 2. The molecular weight excluding hydrogens is 290 g/mol. The molecule has 0 aromatic carbocycles. The van der Waals surface area contributed by atoms with Gasteiger partial charge in [0.05, 0.1) is 24.1 Å². The Kier molecular flexibility index (Phi) is 5.39. The molecule has 1 aromatic rings. The van der Waals surface area contributed by atoms with Gasteiger partial charge < -0.3 is 19.3 Å². The predicted octanol–water partition coefficient (Wildman–Crippen LogP) is 2.30. The summed E-state index contributed by atoms with van der Waals surface area (Å²) in [6.45, 7) is 8.73. The maximum atomic E-state index is 10.3. The molecule has 2 aliphatic rings. The highest BCUT2D eigenvalue weighted by Gasteiger charge is 2.43. The molecule has 1 spiro atoms. The molecule has 1 aromatic heterocycles. The smallest absolute Gasteiger partial charge is 0.0945 e. The molecule has 3 heterocycles. The molecule has 5 heteroatoms. The van der Waals surface area contributed by atoms with Crippen LogP contribution in [0.4, 0.5) is 0 Å². The van der Waals surface area contributed by atoms with Crippen LogP contribution in [0.3, 0.4) is 0 Å².